The summed E-state index contributed by atoms with van der Waals surface area (Å²) in [6, 6.07) is 8.70. The van der Waals surface area contributed by atoms with Crippen molar-refractivity contribution in [2.75, 3.05) is 19.0 Å². The lowest BCUT2D eigenvalue weighted by atomic mass is 10.1. The molecule has 0 bridgehead atoms. The van der Waals surface area contributed by atoms with Crippen LogP contribution in [0.5, 0.6) is 0 Å². The first-order valence-corrected chi connectivity index (χ1v) is 7.85. The minimum absolute atomic E-state index is 0.201. The zero-order valence-corrected chi connectivity index (χ0v) is 13.0. The molecule has 2 aromatic rings. The number of ether oxygens (including phenoxy) is 1. The molecule has 1 aliphatic rings. The molecule has 0 radical (unpaired) electrons. The number of methoxy groups -OCH3 is 1. The van der Waals surface area contributed by atoms with Crippen LogP contribution in [-0.4, -0.2) is 30.6 Å². The lowest BCUT2D eigenvalue weighted by Gasteiger charge is -2.27. The number of fused-ring (bicyclic) bond motifs is 1. The first-order chi connectivity index (χ1) is 10.7. The average Bonchev–Trinajstić information content (AvgIpc) is 3.02. The van der Waals surface area contributed by atoms with Gasteiger partial charge in [-0.1, -0.05) is 12.1 Å². The molecule has 22 heavy (non-hydrogen) atoms. The molecule has 0 aliphatic carbocycles. The standard InChI is InChI=1S/C16H16N2O3S/c1-21-15(19)12-4-2-3-5-13(12)17-16(20)18-8-6-14-11(10-18)7-9-22-14/h2-5,7,9H,6,8,10H2,1H3,(H,17,20). The summed E-state index contributed by atoms with van der Waals surface area (Å²) in [6.45, 7) is 1.28. The maximum absolute atomic E-state index is 12.4. The van der Waals surface area contributed by atoms with Crippen LogP contribution >= 0.6 is 11.3 Å². The van der Waals surface area contributed by atoms with E-state index in [2.05, 4.69) is 16.8 Å². The summed E-state index contributed by atoms with van der Waals surface area (Å²) in [7, 11) is 1.32. The van der Waals surface area contributed by atoms with Gasteiger partial charge in [0.05, 0.1) is 18.4 Å². The molecule has 0 unspecified atom stereocenters. The molecule has 0 saturated carbocycles. The van der Waals surface area contributed by atoms with Crippen LogP contribution in [0.4, 0.5) is 10.5 Å². The fraction of sp³-hybridized carbons (Fsp3) is 0.250. The Bertz CT molecular complexity index is 711. The molecule has 2 amide bonds. The van der Waals surface area contributed by atoms with Gasteiger partial charge in [0.2, 0.25) is 0 Å². The molecule has 0 spiro atoms. The molecule has 1 aliphatic heterocycles. The second kappa shape index (κ2) is 6.19. The Kier molecular flexibility index (Phi) is 4.11. The van der Waals surface area contributed by atoms with E-state index in [1.807, 2.05) is 0 Å². The molecular formula is C16H16N2O3S. The molecular weight excluding hydrogens is 300 g/mol. The lowest BCUT2D eigenvalue weighted by molar-refractivity contribution is 0.0602. The maximum atomic E-state index is 12.4. The normalized spacial score (nSPS) is 13.4. The first kappa shape index (κ1) is 14.6. The van der Waals surface area contributed by atoms with Crippen molar-refractivity contribution in [2.45, 2.75) is 13.0 Å². The second-order valence-electron chi connectivity index (χ2n) is 5.01. The Morgan fingerprint density at radius 1 is 1.27 bits per heavy atom. The van der Waals surface area contributed by atoms with E-state index < -0.39 is 5.97 Å². The van der Waals surface area contributed by atoms with Crippen LogP contribution in [0.1, 0.15) is 20.8 Å². The number of anilines is 1. The van der Waals surface area contributed by atoms with Gasteiger partial charge in [-0.05, 0) is 35.6 Å². The van der Waals surface area contributed by atoms with Crippen molar-refractivity contribution in [2.24, 2.45) is 0 Å². The van der Waals surface area contributed by atoms with Crippen LogP contribution in [0.2, 0.25) is 0 Å². The summed E-state index contributed by atoms with van der Waals surface area (Å²) in [6.07, 6.45) is 0.874. The summed E-state index contributed by atoms with van der Waals surface area (Å²) < 4.78 is 4.74. The van der Waals surface area contributed by atoms with Gasteiger partial charge in [0.15, 0.2) is 0 Å². The van der Waals surface area contributed by atoms with Crippen molar-refractivity contribution >= 4 is 29.0 Å². The van der Waals surface area contributed by atoms with Gasteiger partial charge >= 0.3 is 12.0 Å². The third-order valence-electron chi connectivity index (χ3n) is 3.67. The number of amides is 2. The van der Waals surface area contributed by atoms with Crippen LogP contribution in [0.15, 0.2) is 35.7 Å². The smallest absolute Gasteiger partial charge is 0.339 e. The number of carbonyl (C=O) groups excluding carboxylic acids is 2. The number of rotatable bonds is 2. The Labute approximate surface area is 132 Å². The van der Waals surface area contributed by atoms with Crippen LogP contribution in [0.25, 0.3) is 0 Å². The van der Waals surface area contributed by atoms with Gasteiger partial charge in [0, 0.05) is 18.0 Å². The van der Waals surface area contributed by atoms with Gasteiger partial charge in [-0.3, -0.25) is 0 Å². The zero-order chi connectivity index (χ0) is 15.5. The van der Waals surface area contributed by atoms with Gasteiger partial charge < -0.3 is 15.0 Å². The molecule has 114 valence electrons. The van der Waals surface area contributed by atoms with Crippen LogP contribution in [0.3, 0.4) is 0 Å². The largest absolute Gasteiger partial charge is 0.465 e. The number of hydrogen-bond donors (Lipinski definition) is 1. The molecule has 0 fully saturated rings. The van der Waals surface area contributed by atoms with Crippen molar-refractivity contribution in [3.05, 3.63) is 51.7 Å². The second-order valence-corrected chi connectivity index (χ2v) is 6.01. The number of para-hydroxylation sites is 1. The average molecular weight is 316 g/mol. The highest BCUT2D eigenvalue weighted by Gasteiger charge is 2.22. The first-order valence-electron chi connectivity index (χ1n) is 6.97. The Balaban J connectivity index is 1.74. The Morgan fingerprint density at radius 3 is 2.91 bits per heavy atom. The van der Waals surface area contributed by atoms with Crippen molar-refractivity contribution < 1.29 is 14.3 Å². The van der Waals surface area contributed by atoms with E-state index in [-0.39, 0.29) is 6.03 Å². The third kappa shape index (κ3) is 2.82. The zero-order valence-electron chi connectivity index (χ0n) is 12.2. The van der Waals surface area contributed by atoms with E-state index in [0.29, 0.717) is 24.3 Å². The number of benzene rings is 1. The molecule has 5 nitrogen and oxygen atoms in total. The van der Waals surface area contributed by atoms with Gasteiger partial charge in [-0.2, -0.15) is 0 Å². The molecule has 0 atom stereocenters. The van der Waals surface area contributed by atoms with E-state index in [0.717, 1.165) is 6.42 Å². The van der Waals surface area contributed by atoms with Crippen molar-refractivity contribution in [1.29, 1.82) is 0 Å². The Hall–Kier alpha value is -2.34. The van der Waals surface area contributed by atoms with Crippen LogP contribution in [-0.2, 0) is 17.7 Å². The van der Waals surface area contributed by atoms with Crippen LogP contribution < -0.4 is 5.32 Å². The summed E-state index contributed by atoms with van der Waals surface area (Å²) in [5.74, 6) is -0.463. The number of hydrogen-bond acceptors (Lipinski definition) is 4. The SMILES string of the molecule is COC(=O)c1ccccc1NC(=O)N1CCc2sccc2C1. The number of thiophene rings is 1. The predicted molar refractivity (Wildman–Crippen MR) is 85.2 cm³/mol. The number of urea groups is 1. The number of nitrogens with zero attached hydrogens (tertiary/aromatic N) is 1. The molecule has 6 heteroatoms. The summed E-state index contributed by atoms with van der Waals surface area (Å²) in [5.41, 5.74) is 2.02. The van der Waals surface area contributed by atoms with Gasteiger partial charge in [0.25, 0.3) is 0 Å². The van der Waals surface area contributed by atoms with E-state index in [4.69, 9.17) is 4.74 Å². The molecule has 1 aromatic carbocycles. The fourth-order valence-corrected chi connectivity index (χ4v) is 3.39. The monoisotopic (exact) mass is 316 g/mol. The summed E-state index contributed by atoms with van der Waals surface area (Å²) in [5, 5.41) is 4.86. The van der Waals surface area contributed by atoms with Gasteiger partial charge in [-0.15, -0.1) is 11.3 Å². The molecule has 1 N–H and O–H groups in total. The van der Waals surface area contributed by atoms with Crippen molar-refractivity contribution in [3.8, 4) is 0 Å². The Morgan fingerprint density at radius 2 is 2.09 bits per heavy atom. The number of esters is 1. The van der Waals surface area contributed by atoms with Gasteiger partial charge in [0.1, 0.15) is 0 Å². The maximum Gasteiger partial charge on any atom is 0.339 e. The lowest BCUT2D eigenvalue weighted by Crippen LogP contribution is -2.38. The van der Waals surface area contributed by atoms with Gasteiger partial charge in [-0.25, -0.2) is 9.59 Å². The van der Waals surface area contributed by atoms with E-state index >= 15 is 0 Å². The van der Waals surface area contributed by atoms with E-state index in [9.17, 15) is 9.59 Å². The quantitative estimate of drug-likeness (QED) is 0.866. The highest BCUT2D eigenvalue weighted by molar-refractivity contribution is 7.10. The molecule has 3 rings (SSSR count). The third-order valence-corrected chi connectivity index (χ3v) is 4.69. The highest BCUT2D eigenvalue weighted by atomic mass is 32.1. The van der Waals surface area contributed by atoms with Crippen LogP contribution in [0, 0.1) is 0 Å². The van der Waals surface area contributed by atoms with Crippen molar-refractivity contribution in [1.82, 2.24) is 4.90 Å². The van der Waals surface area contributed by atoms with Crippen molar-refractivity contribution in [3.63, 3.8) is 0 Å². The molecule has 0 saturated heterocycles. The minimum atomic E-state index is -0.463. The predicted octanol–water partition coefficient (Wildman–Crippen LogP) is 3.12. The highest BCUT2D eigenvalue weighted by Crippen LogP contribution is 2.25. The van der Waals surface area contributed by atoms with E-state index in [1.54, 1.807) is 40.5 Å². The summed E-state index contributed by atoms with van der Waals surface area (Å²) in [4.78, 5) is 27.3. The minimum Gasteiger partial charge on any atom is -0.465 e. The summed E-state index contributed by atoms with van der Waals surface area (Å²) >= 11 is 1.73. The van der Waals surface area contributed by atoms with E-state index in [1.165, 1.54) is 17.6 Å². The number of carbonyl (C=O) groups is 2. The molecule has 1 aromatic heterocycles. The molecule has 2 heterocycles. The number of nitrogens with one attached hydrogen (secondary N) is 1. The topological polar surface area (TPSA) is 58.6 Å². The fourth-order valence-electron chi connectivity index (χ4n) is 2.50.